The van der Waals surface area contributed by atoms with Gasteiger partial charge in [-0.25, -0.2) is 0 Å². The van der Waals surface area contributed by atoms with Gasteiger partial charge in [0.2, 0.25) is 18.6 Å². The summed E-state index contributed by atoms with van der Waals surface area (Å²) in [6.45, 7) is 3.84. The number of hydrogen-bond acceptors (Lipinski definition) is 6. The molecule has 2 amide bonds. The predicted octanol–water partition coefficient (Wildman–Crippen LogP) is 4.03. The van der Waals surface area contributed by atoms with Gasteiger partial charge in [0, 0.05) is 48.9 Å². The van der Waals surface area contributed by atoms with E-state index in [0.717, 1.165) is 45.2 Å². The second kappa shape index (κ2) is 10.3. The van der Waals surface area contributed by atoms with Gasteiger partial charge in [-0.2, -0.15) is 0 Å². The van der Waals surface area contributed by atoms with E-state index in [4.69, 9.17) is 9.47 Å². The number of aromatic nitrogens is 1. The molecule has 8 heteroatoms. The molecule has 0 bridgehead atoms. The van der Waals surface area contributed by atoms with Crippen molar-refractivity contribution >= 4 is 29.2 Å². The van der Waals surface area contributed by atoms with Gasteiger partial charge in [0.05, 0.1) is 0 Å². The van der Waals surface area contributed by atoms with E-state index in [2.05, 4.69) is 10.3 Å². The van der Waals surface area contributed by atoms with Gasteiger partial charge in [-0.15, -0.1) is 11.3 Å². The lowest BCUT2D eigenvalue weighted by atomic mass is 9.94. The highest BCUT2D eigenvalue weighted by molar-refractivity contribution is 7.10. The summed E-state index contributed by atoms with van der Waals surface area (Å²) in [5.41, 5.74) is 5.27. The Kier molecular flexibility index (Phi) is 6.81. The molecule has 5 rings (SSSR count). The number of hydrogen-bond donors (Lipinski definition) is 1. The molecule has 3 aromatic rings. The summed E-state index contributed by atoms with van der Waals surface area (Å²) in [5, 5.41) is 4.96. The normalized spacial score (nSPS) is 14.3. The van der Waals surface area contributed by atoms with Gasteiger partial charge in [0.15, 0.2) is 11.5 Å². The van der Waals surface area contributed by atoms with Crippen molar-refractivity contribution in [2.75, 3.05) is 13.3 Å². The van der Waals surface area contributed by atoms with E-state index in [0.29, 0.717) is 32.5 Å². The average Bonchev–Trinajstić information content (AvgIpc) is 3.57. The Hall–Kier alpha value is -3.65. The van der Waals surface area contributed by atoms with Crippen molar-refractivity contribution in [3.05, 3.63) is 80.8 Å². The SMILES string of the molecule is Cc1ncc2c(c1CNC(=O)/C=C/c1cccs1)CCN(C(=O)CCc1ccc3c(c1)OCO3)C2. The first-order chi connectivity index (χ1) is 17.1. The van der Waals surface area contributed by atoms with Crippen molar-refractivity contribution in [2.45, 2.75) is 39.3 Å². The molecule has 1 aromatic carbocycles. The van der Waals surface area contributed by atoms with Crippen LogP contribution in [0.3, 0.4) is 0 Å². The molecule has 0 atom stereocenters. The fourth-order valence-corrected chi connectivity index (χ4v) is 5.07. The van der Waals surface area contributed by atoms with E-state index in [1.807, 2.05) is 59.8 Å². The smallest absolute Gasteiger partial charge is 0.244 e. The number of nitrogens with one attached hydrogen (secondary N) is 1. The quantitative estimate of drug-likeness (QED) is 0.507. The molecule has 180 valence electrons. The first-order valence-corrected chi connectivity index (χ1v) is 12.6. The van der Waals surface area contributed by atoms with Crippen LogP contribution in [0, 0.1) is 6.92 Å². The van der Waals surface area contributed by atoms with Crippen LogP contribution in [0.2, 0.25) is 0 Å². The van der Waals surface area contributed by atoms with Gasteiger partial charge in [-0.05, 0) is 71.7 Å². The fraction of sp³-hybridized carbons (Fsp3) is 0.296. The molecule has 0 saturated heterocycles. The number of rotatable bonds is 7. The first-order valence-electron chi connectivity index (χ1n) is 11.7. The van der Waals surface area contributed by atoms with Crippen molar-refractivity contribution in [2.24, 2.45) is 0 Å². The van der Waals surface area contributed by atoms with Crippen molar-refractivity contribution in [3.63, 3.8) is 0 Å². The minimum Gasteiger partial charge on any atom is -0.454 e. The summed E-state index contributed by atoms with van der Waals surface area (Å²) in [4.78, 5) is 32.7. The molecule has 7 nitrogen and oxygen atoms in total. The van der Waals surface area contributed by atoms with Crippen molar-refractivity contribution in [1.29, 1.82) is 0 Å². The largest absolute Gasteiger partial charge is 0.454 e. The van der Waals surface area contributed by atoms with Gasteiger partial charge >= 0.3 is 0 Å². The molecule has 2 aromatic heterocycles. The lowest BCUT2D eigenvalue weighted by molar-refractivity contribution is -0.132. The average molecular weight is 490 g/mol. The Labute approximate surface area is 208 Å². The maximum absolute atomic E-state index is 12.9. The van der Waals surface area contributed by atoms with Crippen LogP contribution in [0.1, 0.15) is 39.2 Å². The highest BCUT2D eigenvalue weighted by Gasteiger charge is 2.24. The van der Waals surface area contributed by atoms with Crippen LogP contribution in [-0.4, -0.2) is 35.0 Å². The number of carbonyl (C=O) groups is 2. The highest BCUT2D eigenvalue weighted by atomic mass is 32.1. The van der Waals surface area contributed by atoms with Crippen LogP contribution in [0.25, 0.3) is 6.08 Å². The Bertz CT molecular complexity index is 1270. The van der Waals surface area contributed by atoms with E-state index < -0.39 is 0 Å². The van der Waals surface area contributed by atoms with Gasteiger partial charge in [0.25, 0.3) is 0 Å². The lowest BCUT2D eigenvalue weighted by Crippen LogP contribution is -2.37. The number of aryl methyl sites for hydroxylation is 2. The van der Waals surface area contributed by atoms with E-state index in [9.17, 15) is 9.59 Å². The van der Waals surface area contributed by atoms with Gasteiger partial charge in [-0.3, -0.25) is 14.6 Å². The van der Waals surface area contributed by atoms with Gasteiger partial charge in [0.1, 0.15) is 0 Å². The summed E-state index contributed by atoms with van der Waals surface area (Å²) < 4.78 is 10.8. The Balaban J connectivity index is 1.18. The number of carbonyl (C=O) groups excluding carboxylic acids is 2. The second-order valence-electron chi connectivity index (χ2n) is 8.65. The van der Waals surface area contributed by atoms with Crippen molar-refractivity contribution < 1.29 is 19.1 Å². The Morgan fingerprint density at radius 2 is 2.11 bits per heavy atom. The zero-order chi connectivity index (χ0) is 24.2. The number of fused-ring (bicyclic) bond motifs is 2. The molecule has 4 heterocycles. The third kappa shape index (κ3) is 5.38. The minimum absolute atomic E-state index is 0.127. The number of thiophene rings is 1. The number of nitrogens with zero attached hydrogens (tertiary/aromatic N) is 2. The molecule has 0 radical (unpaired) electrons. The topological polar surface area (TPSA) is 80.8 Å². The molecule has 0 spiro atoms. The van der Waals surface area contributed by atoms with Crippen molar-refractivity contribution in [1.82, 2.24) is 15.2 Å². The van der Waals surface area contributed by atoms with Crippen LogP contribution < -0.4 is 14.8 Å². The summed E-state index contributed by atoms with van der Waals surface area (Å²) in [7, 11) is 0. The molecular weight excluding hydrogens is 462 g/mol. The second-order valence-corrected chi connectivity index (χ2v) is 9.62. The Morgan fingerprint density at radius 3 is 2.97 bits per heavy atom. The maximum Gasteiger partial charge on any atom is 0.244 e. The van der Waals surface area contributed by atoms with E-state index in [1.165, 1.54) is 5.56 Å². The summed E-state index contributed by atoms with van der Waals surface area (Å²) in [5.74, 6) is 1.49. The van der Waals surface area contributed by atoms with Gasteiger partial charge < -0.3 is 19.7 Å². The zero-order valence-corrected chi connectivity index (χ0v) is 20.4. The number of benzene rings is 1. The molecule has 0 fully saturated rings. The third-order valence-electron chi connectivity index (χ3n) is 6.39. The zero-order valence-electron chi connectivity index (χ0n) is 19.6. The highest BCUT2D eigenvalue weighted by Crippen LogP contribution is 2.33. The first kappa shape index (κ1) is 23.1. The Morgan fingerprint density at radius 1 is 1.23 bits per heavy atom. The van der Waals surface area contributed by atoms with Crippen LogP contribution in [0.4, 0.5) is 0 Å². The molecule has 35 heavy (non-hydrogen) atoms. The summed E-state index contributed by atoms with van der Waals surface area (Å²) >= 11 is 1.59. The minimum atomic E-state index is -0.133. The van der Waals surface area contributed by atoms with Crippen molar-refractivity contribution in [3.8, 4) is 11.5 Å². The molecule has 2 aliphatic rings. The summed E-state index contributed by atoms with van der Waals surface area (Å²) in [6, 6.07) is 9.75. The molecule has 2 aliphatic heterocycles. The number of pyridine rings is 1. The standard InChI is InChI=1S/C27H27N3O4S/c1-18-23(15-29-26(31)8-6-21-3-2-12-35-21)22-10-11-30(16-20(22)14-28-18)27(32)9-5-19-4-7-24-25(13-19)34-17-33-24/h2-4,6-8,12-14H,5,9-11,15-17H2,1H3,(H,29,31)/b8-6+. The molecule has 0 saturated carbocycles. The lowest BCUT2D eigenvalue weighted by Gasteiger charge is -2.30. The predicted molar refractivity (Wildman–Crippen MR) is 134 cm³/mol. The third-order valence-corrected chi connectivity index (χ3v) is 7.23. The fourth-order valence-electron chi connectivity index (χ4n) is 4.45. The molecule has 0 unspecified atom stereocenters. The van der Waals surface area contributed by atoms with E-state index in [-0.39, 0.29) is 18.6 Å². The van der Waals surface area contributed by atoms with E-state index >= 15 is 0 Å². The number of ether oxygens (including phenoxy) is 2. The molecule has 0 aliphatic carbocycles. The number of amides is 2. The van der Waals surface area contributed by atoms with E-state index in [1.54, 1.807) is 17.4 Å². The van der Waals surface area contributed by atoms with Crippen LogP contribution in [0.15, 0.2) is 48.0 Å². The van der Waals surface area contributed by atoms with Crippen LogP contribution in [0.5, 0.6) is 11.5 Å². The monoisotopic (exact) mass is 489 g/mol. The maximum atomic E-state index is 12.9. The van der Waals surface area contributed by atoms with Crippen LogP contribution >= 0.6 is 11.3 Å². The molecular formula is C27H27N3O4S. The summed E-state index contributed by atoms with van der Waals surface area (Å²) in [6.07, 6.45) is 7.09. The molecule has 1 N–H and O–H groups in total. The van der Waals surface area contributed by atoms with Gasteiger partial charge in [-0.1, -0.05) is 12.1 Å². The van der Waals surface area contributed by atoms with Crippen LogP contribution in [-0.2, 0) is 35.5 Å².